The van der Waals surface area contributed by atoms with Gasteiger partial charge in [-0.2, -0.15) is 0 Å². The molecular formula is C12H17NO. The van der Waals surface area contributed by atoms with Crippen LogP contribution < -0.4 is 9.64 Å². The van der Waals surface area contributed by atoms with Gasteiger partial charge < -0.3 is 9.64 Å². The standard InChI is InChI=1S/C12H17NO/c1-14-12-7-5-6-11(10-12)13-8-3-2-4-9-13/h5-7,10H,2-4,8-9H2,1H3. The van der Waals surface area contributed by atoms with E-state index in [-0.39, 0.29) is 0 Å². The van der Waals surface area contributed by atoms with Crippen molar-refractivity contribution in [1.82, 2.24) is 0 Å². The van der Waals surface area contributed by atoms with Crippen LogP contribution >= 0.6 is 0 Å². The predicted octanol–water partition coefficient (Wildman–Crippen LogP) is 2.69. The van der Waals surface area contributed by atoms with Crippen LogP contribution in [0.1, 0.15) is 19.3 Å². The number of hydrogen-bond donors (Lipinski definition) is 0. The maximum Gasteiger partial charge on any atom is 0.120 e. The number of rotatable bonds is 2. The topological polar surface area (TPSA) is 12.5 Å². The lowest BCUT2D eigenvalue weighted by Gasteiger charge is -2.28. The fourth-order valence-electron chi connectivity index (χ4n) is 1.96. The molecular weight excluding hydrogens is 174 g/mol. The van der Waals surface area contributed by atoms with Crippen molar-refractivity contribution in [2.24, 2.45) is 0 Å². The number of ether oxygens (including phenoxy) is 1. The van der Waals surface area contributed by atoms with E-state index in [1.165, 1.54) is 38.0 Å². The minimum atomic E-state index is 0.952. The van der Waals surface area contributed by atoms with Crippen molar-refractivity contribution in [3.05, 3.63) is 24.3 Å². The SMILES string of the molecule is COc1cccc(N2CCCCC2)c1. The second-order valence-electron chi connectivity index (χ2n) is 3.75. The summed E-state index contributed by atoms with van der Waals surface area (Å²) in [6.45, 7) is 2.38. The van der Waals surface area contributed by atoms with Crippen molar-refractivity contribution in [2.75, 3.05) is 25.1 Å². The molecule has 1 heterocycles. The first-order valence-electron chi connectivity index (χ1n) is 5.29. The van der Waals surface area contributed by atoms with Gasteiger partial charge in [0.2, 0.25) is 0 Å². The Hall–Kier alpha value is -1.18. The van der Waals surface area contributed by atoms with E-state index >= 15 is 0 Å². The molecule has 0 bridgehead atoms. The van der Waals surface area contributed by atoms with Gasteiger partial charge in [-0.1, -0.05) is 6.07 Å². The highest BCUT2D eigenvalue weighted by Crippen LogP contribution is 2.23. The number of methoxy groups -OCH3 is 1. The lowest BCUT2D eigenvalue weighted by molar-refractivity contribution is 0.414. The lowest BCUT2D eigenvalue weighted by atomic mass is 10.1. The monoisotopic (exact) mass is 191 g/mol. The average Bonchev–Trinajstić information content (AvgIpc) is 2.30. The molecule has 0 radical (unpaired) electrons. The van der Waals surface area contributed by atoms with Crippen LogP contribution in [0.2, 0.25) is 0 Å². The second kappa shape index (κ2) is 4.36. The molecule has 1 aromatic carbocycles. The molecule has 1 aromatic rings. The maximum absolute atomic E-state index is 5.22. The Kier molecular flexibility index (Phi) is 2.92. The van der Waals surface area contributed by atoms with Crippen molar-refractivity contribution in [1.29, 1.82) is 0 Å². The Labute approximate surface area is 85.5 Å². The number of piperidine rings is 1. The molecule has 2 nitrogen and oxygen atoms in total. The number of benzene rings is 1. The Morgan fingerprint density at radius 3 is 2.64 bits per heavy atom. The zero-order valence-electron chi connectivity index (χ0n) is 8.70. The van der Waals surface area contributed by atoms with Crippen LogP contribution in [0.25, 0.3) is 0 Å². The fourth-order valence-corrected chi connectivity index (χ4v) is 1.96. The number of nitrogens with zero attached hydrogens (tertiary/aromatic N) is 1. The molecule has 0 saturated carbocycles. The molecule has 1 aliphatic rings. The summed E-state index contributed by atoms with van der Waals surface area (Å²) in [5, 5.41) is 0. The summed E-state index contributed by atoms with van der Waals surface area (Å²) in [7, 11) is 1.72. The number of anilines is 1. The molecule has 14 heavy (non-hydrogen) atoms. The predicted molar refractivity (Wildman–Crippen MR) is 59.1 cm³/mol. The van der Waals surface area contributed by atoms with Gasteiger partial charge in [0.05, 0.1) is 7.11 Å². The van der Waals surface area contributed by atoms with E-state index in [1.807, 2.05) is 6.07 Å². The smallest absolute Gasteiger partial charge is 0.120 e. The molecule has 0 N–H and O–H groups in total. The van der Waals surface area contributed by atoms with Gasteiger partial charge in [0.25, 0.3) is 0 Å². The minimum Gasteiger partial charge on any atom is -0.497 e. The van der Waals surface area contributed by atoms with Crippen molar-refractivity contribution >= 4 is 5.69 Å². The largest absolute Gasteiger partial charge is 0.497 e. The van der Waals surface area contributed by atoms with Crippen molar-refractivity contribution < 1.29 is 4.74 Å². The average molecular weight is 191 g/mol. The van der Waals surface area contributed by atoms with E-state index in [1.54, 1.807) is 7.11 Å². The van der Waals surface area contributed by atoms with Gasteiger partial charge in [0.15, 0.2) is 0 Å². The zero-order chi connectivity index (χ0) is 9.80. The maximum atomic E-state index is 5.22. The first-order chi connectivity index (χ1) is 6.90. The zero-order valence-corrected chi connectivity index (χ0v) is 8.70. The molecule has 0 aromatic heterocycles. The first kappa shape index (κ1) is 9.38. The van der Waals surface area contributed by atoms with Crippen molar-refractivity contribution in [2.45, 2.75) is 19.3 Å². The highest BCUT2D eigenvalue weighted by molar-refractivity contribution is 5.50. The summed E-state index contributed by atoms with van der Waals surface area (Å²) in [5.74, 6) is 0.952. The fraction of sp³-hybridized carbons (Fsp3) is 0.500. The van der Waals surface area contributed by atoms with E-state index in [4.69, 9.17) is 4.74 Å². The molecule has 1 fully saturated rings. The molecule has 0 amide bonds. The van der Waals surface area contributed by atoms with Gasteiger partial charge in [-0.3, -0.25) is 0 Å². The van der Waals surface area contributed by atoms with Gasteiger partial charge in [-0.05, 0) is 31.4 Å². The summed E-state index contributed by atoms with van der Waals surface area (Å²) >= 11 is 0. The molecule has 1 saturated heterocycles. The van der Waals surface area contributed by atoms with Crippen LogP contribution in [-0.4, -0.2) is 20.2 Å². The lowest BCUT2D eigenvalue weighted by Crippen LogP contribution is -2.29. The molecule has 0 aliphatic carbocycles. The van der Waals surface area contributed by atoms with E-state index in [0.29, 0.717) is 0 Å². The Morgan fingerprint density at radius 1 is 1.14 bits per heavy atom. The molecule has 2 rings (SSSR count). The Balaban J connectivity index is 2.13. The minimum absolute atomic E-state index is 0.952. The third-order valence-corrected chi connectivity index (χ3v) is 2.77. The normalized spacial score (nSPS) is 16.8. The molecule has 1 aliphatic heterocycles. The second-order valence-corrected chi connectivity index (χ2v) is 3.75. The van der Waals surface area contributed by atoms with Crippen molar-refractivity contribution in [3.8, 4) is 5.75 Å². The Bertz CT molecular complexity index is 292. The highest BCUT2D eigenvalue weighted by Gasteiger charge is 2.10. The number of hydrogen-bond acceptors (Lipinski definition) is 2. The first-order valence-corrected chi connectivity index (χ1v) is 5.29. The highest BCUT2D eigenvalue weighted by atomic mass is 16.5. The van der Waals surface area contributed by atoms with Crippen LogP contribution in [0, 0.1) is 0 Å². The molecule has 0 atom stereocenters. The molecule has 2 heteroatoms. The van der Waals surface area contributed by atoms with Crippen LogP contribution in [0.4, 0.5) is 5.69 Å². The van der Waals surface area contributed by atoms with Crippen molar-refractivity contribution in [3.63, 3.8) is 0 Å². The third-order valence-electron chi connectivity index (χ3n) is 2.77. The van der Waals surface area contributed by atoms with Crippen LogP contribution in [0.5, 0.6) is 5.75 Å². The quantitative estimate of drug-likeness (QED) is 0.712. The van der Waals surface area contributed by atoms with Gasteiger partial charge in [0, 0.05) is 24.8 Å². The molecule has 0 spiro atoms. The third kappa shape index (κ3) is 2.00. The van der Waals surface area contributed by atoms with Gasteiger partial charge in [-0.15, -0.1) is 0 Å². The van der Waals surface area contributed by atoms with E-state index in [2.05, 4.69) is 23.1 Å². The summed E-state index contributed by atoms with van der Waals surface area (Å²) in [6, 6.07) is 8.33. The summed E-state index contributed by atoms with van der Waals surface area (Å²) < 4.78 is 5.22. The van der Waals surface area contributed by atoms with Crippen LogP contribution in [0.15, 0.2) is 24.3 Å². The van der Waals surface area contributed by atoms with Crippen LogP contribution in [-0.2, 0) is 0 Å². The van der Waals surface area contributed by atoms with E-state index in [0.717, 1.165) is 5.75 Å². The van der Waals surface area contributed by atoms with Gasteiger partial charge in [-0.25, -0.2) is 0 Å². The van der Waals surface area contributed by atoms with Gasteiger partial charge >= 0.3 is 0 Å². The summed E-state index contributed by atoms with van der Waals surface area (Å²) in [6.07, 6.45) is 4.01. The van der Waals surface area contributed by atoms with E-state index < -0.39 is 0 Å². The Morgan fingerprint density at radius 2 is 1.93 bits per heavy atom. The van der Waals surface area contributed by atoms with Crippen LogP contribution in [0.3, 0.4) is 0 Å². The summed E-state index contributed by atoms with van der Waals surface area (Å²) in [4.78, 5) is 2.44. The van der Waals surface area contributed by atoms with Gasteiger partial charge in [0.1, 0.15) is 5.75 Å². The molecule has 0 unspecified atom stereocenters. The molecule has 76 valence electrons. The summed E-state index contributed by atoms with van der Waals surface area (Å²) in [5.41, 5.74) is 1.30. The van der Waals surface area contributed by atoms with E-state index in [9.17, 15) is 0 Å².